The topological polar surface area (TPSA) is 45.5 Å². The molecule has 0 saturated carbocycles. The number of nitrogens with zero attached hydrogens (tertiary/aromatic N) is 1. The van der Waals surface area contributed by atoms with Crippen molar-refractivity contribution >= 4 is 17.0 Å². The Labute approximate surface area is 126 Å². The molecule has 1 aromatic carbocycles. The number of carbonyl (C=O) groups is 1. The Morgan fingerprint density at radius 3 is 2.57 bits per heavy atom. The van der Waals surface area contributed by atoms with E-state index in [0.717, 1.165) is 29.6 Å². The summed E-state index contributed by atoms with van der Waals surface area (Å²) in [5, 5.41) is 4.11. The summed E-state index contributed by atoms with van der Waals surface area (Å²) in [6.45, 7) is 6.14. The van der Waals surface area contributed by atoms with E-state index >= 15 is 0 Å². The lowest BCUT2D eigenvalue weighted by molar-refractivity contribution is 0.183. The Bertz CT molecular complexity index is 569. The number of hydrogen-bond donors (Lipinski definition) is 1. The number of fused-ring (bicyclic) bond motifs is 1. The van der Waals surface area contributed by atoms with Crippen molar-refractivity contribution in [1.82, 2.24) is 10.2 Å². The minimum absolute atomic E-state index is 0.0587. The third kappa shape index (κ3) is 3.38. The molecule has 114 valence electrons. The van der Waals surface area contributed by atoms with Gasteiger partial charge in [0.15, 0.2) is 0 Å². The van der Waals surface area contributed by atoms with Gasteiger partial charge in [-0.2, -0.15) is 0 Å². The summed E-state index contributed by atoms with van der Waals surface area (Å²) in [4.78, 5) is 14.0. The quantitative estimate of drug-likeness (QED) is 0.890. The number of amides is 2. The zero-order valence-electron chi connectivity index (χ0n) is 13.2. The lowest BCUT2D eigenvalue weighted by atomic mass is 10.2. The van der Waals surface area contributed by atoms with Crippen LogP contribution in [0.5, 0.6) is 0 Å². The van der Waals surface area contributed by atoms with E-state index in [-0.39, 0.29) is 18.1 Å². The van der Waals surface area contributed by atoms with Crippen LogP contribution in [0.2, 0.25) is 0 Å². The fourth-order valence-electron chi connectivity index (χ4n) is 2.34. The molecule has 0 aliphatic heterocycles. The van der Waals surface area contributed by atoms with Crippen LogP contribution in [-0.2, 0) is 0 Å². The smallest absolute Gasteiger partial charge is 0.317 e. The maximum atomic E-state index is 12.3. The predicted octanol–water partition coefficient (Wildman–Crippen LogP) is 4.32. The van der Waals surface area contributed by atoms with E-state index in [1.165, 1.54) is 0 Å². The number of benzene rings is 1. The molecule has 0 bridgehead atoms. The van der Waals surface area contributed by atoms with Gasteiger partial charge < -0.3 is 14.6 Å². The molecule has 0 radical (unpaired) electrons. The van der Waals surface area contributed by atoms with Gasteiger partial charge in [0.1, 0.15) is 11.3 Å². The molecule has 0 saturated heterocycles. The summed E-state index contributed by atoms with van der Waals surface area (Å²) in [6, 6.07) is 9.95. The molecule has 0 spiro atoms. The molecular weight excluding hydrogens is 264 g/mol. The zero-order chi connectivity index (χ0) is 15.4. The second kappa shape index (κ2) is 6.66. The van der Waals surface area contributed by atoms with Crippen LogP contribution in [0.25, 0.3) is 11.0 Å². The van der Waals surface area contributed by atoms with Gasteiger partial charge in [0.05, 0.1) is 6.04 Å². The van der Waals surface area contributed by atoms with E-state index in [2.05, 4.69) is 19.2 Å². The van der Waals surface area contributed by atoms with E-state index in [0.29, 0.717) is 0 Å². The van der Waals surface area contributed by atoms with Crippen LogP contribution in [-0.4, -0.2) is 24.0 Å². The van der Waals surface area contributed by atoms with Gasteiger partial charge in [-0.15, -0.1) is 0 Å². The summed E-state index contributed by atoms with van der Waals surface area (Å²) in [5.74, 6) is 0.804. The first-order valence-corrected chi connectivity index (χ1v) is 7.58. The molecule has 4 heteroatoms. The average molecular weight is 288 g/mol. The van der Waals surface area contributed by atoms with Crippen molar-refractivity contribution in [3.05, 3.63) is 36.1 Å². The molecule has 2 aromatic rings. The van der Waals surface area contributed by atoms with Gasteiger partial charge in [-0.05, 0) is 31.9 Å². The van der Waals surface area contributed by atoms with Crippen molar-refractivity contribution in [3.63, 3.8) is 0 Å². The molecule has 2 amide bonds. The van der Waals surface area contributed by atoms with Gasteiger partial charge in [0.2, 0.25) is 0 Å². The summed E-state index contributed by atoms with van der Waals surface area (Å²) < 4.78 is 5.84. The maximum Gasteiger partial charge on any atom is 0.317 e. The van der Waals surface area contributed by atoms with Crippen LogP contribution in [0.15, 0.2) is 34.7 Å². The van der Waals surface area contributed by atoms with Crippen LogP contribution < -0.4 is 5.32 Å². The summed E-state index contributed by atoms with van der Waals surface area (Å²) in [7, 11) is 1.80. The van der Waals surface area contributed by atoms with Gasteiger partial charge in [0, 0.05) is 18.5 Å². The Hall–Kier alpha value is -1.97. The minimum Gasteiger partial charge on any atom is -0.459 e. The molecule has 0 fully saturated rings. The van der Waals surface area contributed by atoms with Crippen LogP contribution in [0, 0.1) is 0 Å². The Balaban J connectivity index is 2.10. The highest BCUT2D eigenvalue weighted by Gasteiger charge is 2.21. The van der Waals surface area contributed by atoms with E-state index in [4.69, 9.17) is 4.42 Å². The van der Waals surface area contributed by atoms with Crippen molar-refractivity contribution in [2.75, 3.05) is 7.05 Å². The largest absolute Gasteiger partial charge is 0.459 e. The lowest BCUT2D eigenvalue weighted by Gasteiger charge is -2.26. The van der Waals surface area contributed by atoms with Crippen molar-refractivity contribution in [2.45, 2.75) is 45.7 Å². The second-order valence-corrected chi connectivity index (χ2v) is 5.44. The van der Waals surface area contributed by atoms with Gasteiger partial charge >= 0.3 is 6.03 Å². The van der Waals surface area contributed by atoms with Gasteiger partial charge in [-0.1, -0.05) is 32.0 Å². The number of carbonyl (C=O) groups excluding carboxylic acids is 1. The molecule has 1 unspecified atom stereocenters. The number of nitrogens with one attached hydrogen (secondary N) is 1. The van der Waals surface area contributed by atoms with Gasteiger partial charge in [0.25, 0.3) is 0 Å². The van der Waals surface area contributed by atoms with Crippen LogP contribution in [0.3, 0.4) is 0 Å². The molecule has 4 nitrogen and oxygen atoms in total. The molecule has 1 aromatic heterocycles. The first-order valence-electron chi connectivity index (χ1n) is 7.58. The lowest BCUT2D eigenvalue weighted by Crippen LogP contribution is -2.43. The predicted molar refractivity (Wildman–Crippen MR) is 85.3 cm³/mol. The molecule has 1 N–H and O–H groups in total. The van der Waals surface area contributed by atoms with Crippen LogP contribution >= 0.6 is 0 Å². The number of furan rings is 1. The fourth-order valence-corrected chi connectivity index (χ4v) is 2.34. The standard InChI is InChI=1S/C17H24N2O2/c1-5-14(6-2)18-17(20)19(4)12(3)16-11-13-9-7-8-10-15(13)21-16/h7-12,14H,5-6H2,1-4H3,(H,18,20). The highest BCUT2D eigenvalue weighted by atomic mass is 16.3. The highest BCUT2D eigenvalue weighted by molar-refractivity contribution is 5.78. The third-order valence-electron chi connectivity index (χ3n) is 4.07. The van der Waals surface area contributed by atoms with Crippen LogP contribution in [0.4, 0.5) is 4.79 Å². The SMILES string of the molecule is CCC(CC)NC(=O)N(C)C(C)c1cc2ccccc2o1. The average Bonchev–Trinajstić information content (AvgIpc) is 2.94. The molecular formula is C17H24N2O2. The summed E-state index contributed by atoms with van der Waals surface area (Å²) >= 11 is 0. The highest BCUT2D eigenvalue weighted by Crippen LogP contribution is 2.26. The molecule has 2 rings (SSSR count). The van der Waals surface area contributed by atoms with Crippen molar-refractivity contribution < 1.29 is 9.21 Å². The van der Waals surface area contributed by atoms with Crippen molar-refractivity contribution in [2.24, 2.45) is 0 Å². The zero-order valence-corrected chi connectivity index (χ0v) is 13.2. The number of urea groups is 1. The Morgan fingerprint density at radius 1 is 1.29 bits per heavy atom. The van der Waals surface area contributed by atoms with Crippen LogP contribution in [0.1, 0.15) is 45.4 Å². The Kier molecular flexibility index (Phi) is 4.89. The normalized spacial score (nSPS) is 12.6. The monoisotopic (exact) mass is 288 g/mol. The third-order valence-corrected chi connectivity index (χ3v) is 4.07. The number of rotatable bonds is 5. The fraction of sp³-hybridized carbons (Fsp3) is 0.471. The first-order chi connectivity index (χ1) is 10.1. The van der Waals surface area contributed by atoms with E-state index < -0.39 is 0 Å². The van der Waals surface area contributed by atoms with E-state index in [1.54, 1.807) is 11.9 Å². The number of para-hydroxylation sites is 1. The van der Waals surface area contributed by atoms with Crippen molar-refractivity contribution in [3.8, 4) is 0 Å². The van der Waals surface area contributed by atoms with Crippen molar-refractivity contribution in [1.29, 1.82) is 0 Å². The second-order valence-electron chi connectivity index (χ2n) is 5.44. The first kappa shape index (κ1) is 15.4. The van der Waals surface area contributed by atoms with E-state index in [1.807, 2.05) is 37.3 Å². The Morgan fingerprint density at radius 2 is 1.95 bits per heavy atom. The van der Waals surface area contributed by atoms with Gasteiger partial charge in [-0.3, -0.25) is 0 Å². The summed E-state index contributed by atoms with van der Waals surface area (Å²) in [6.07, 6.45) is 1.88. The molecule has 0 aliphatic carbocycles. The van der Waals surface area contributed by atoms with E-state index in [9.17, 15) is 4.79 Å². The summed E-state index contributed by atoms with van der Waals surface area (Å²) in [5.41, 5.74) is 0.855. The molecule has 1 atom stereocenters. The number of hydrogen-bond acceptors (Lipinski definition) is 2. The molecule has 1 heterocycles. The molecule has 21 heavy (non-hydrogen) atoms. The maximum absolute atomic E-state index is 12.3. The minimum atomic E-state index is -0.105. The molecule has 0 aliphatic rings. The van der Waals surface area contributed by atoms with Gasteiger partial charge in [-0.25, -0.2) is 4.79 Å².